The van der Waals surface area contributed by atoms with Gasteiger partial charge >= 0.3 is 6.18 Å². The highest BCUT2D eigenvalue weighted by Gasteiger charge is 2.30. The Kier molecular flexibility index (Phi) is 5.17. The van der Waals surface area contributed by atoms with Gasteiger partial charge in [-0.25, -0.2) is 0 Å². The number of hydrogen-bond acceptors (Lipinski definition) is 7. The zero-order valence-corrected chi connectivity index (χ0v) is 15.4. The van der Waals surface area contributed by atoms with E-state index in [1.807, 2.05) is 0 Å². The van der Waals surface area contributed by atoms with Gasteiger partial charge in [-0.3, -0.25) is 4.79 Å². The smallest absolute Gasteiger partial charge is 0.396 e. The topological polar surface area (TPSA) is 101 Å². The summed E-state index contributed by atoms with van der Waals surface area (Å²) in [5, 5.41) is 21.3. The fourth-order valence-corrected chi connectivity index (χ4v) is 3.05. The number of alkyl halides is 3. The molecule has 0 amide bonds. The third-order valence-electron chi connectivity index (χ3n) is 4.74. The fourth-order valence-electron chi connectivity index (χ4n) is 3.05. The van der Waals surface area contributed by atoms with Crippen LogP contribution >= 0.6 is 0 Å². The number of carbonyl (C=O) groups excluding carboxylic acids is 1. The van der Waals surface area contributed by atoms with Crippen LogP contribution in [0.1, 0.15) is 39.7 Å². The number of halogens is 3. The molecule has 0 bridgehead atoms. The number of aliphatic hydroxyl groups is 1. The summed E-state index contributed by atoms with van der Waals surface area (Å²) < 4.78 is 43.2. The molecule has 0 saturated carbocycles. The minimum Gasteiger partial charge on any atom is -0.396 e. The third-order valence-corrected chi connectivity index (χ3v) is 4.74. The maximum absolute atomic E-state index is 12.7. The number of carbonyl (C=O) groups is 1. The van der Waals surface area contributed by atoms with Gasteiger partial charge in [0.15, 0.2) is 5.78 Å². The standard InChI is InChI=1S/C20H15F3N4O3/c21-20(22,23)15-5-3-11(4-6-15)18-25-19(30-27-18)14(10-28)8-17(29)12-1-2-13-9-24-26-16(13)7-12/h1-7,14,28H,8-10H2/t14-/m0/s1. The minimum absolute atomic E-state index is 0.0293. The second-order valence-electron chi connectivity index (χ2n) is 6.78. The number of benzene rings is 2. The van der Waals surface area contributed by atoms with Crippen molar-refractivity contribution >= 4 is 11.5 Å². The Morgan fingerprint density at radius 2 is 1.93 bits per heavy atom. The number of hydrogen-bond donors (Lipinski definition) is 1. The highest BCUT2D eigenvalue weighted by atomic mass is 19.4. The Morgan fingerprint density at radius 3 is 2.63 bits per heavy atom. The number of aliphatic hydroxyl groups excluding tert-OH is 1. The van der Waals surface area contributed by atoms with E-state index >= 15 is 0 Å². The zero-order chi connectivity index (χ0) is 21.3. The van der Waals surface area contributed by atoms with Gasteiger partial charge in [0.05, 0.1) is 30.3 Å². The van der Waals surface area contributed by atoms with Crippen molar-refractivity contribution in [1.29, 1.82) is 0 Å². The largest absolute Gasteiger partial charge is 0.416 e. The molecule has 0 fully saturated rings. The summed E-state index contributed by atoms with van der Waals surface area (Å²) >= 11 is 0. The van der Waals surface area contributed by atoms with Gasteiger partial charge < -0.3 is 9.63 Å². The van der Waals surface area contributed by atoms with Gasteiger partial charge in [-0.1, -0.05) is 29.4 Å². The van der Waals surface area contributed by atoms with Crippen LogP contribution in [-0.2, 0) is 12.7 Å². The number of nitrogens with zero attached hydrogens (tertiary/aromatic N) is 4. The fraction of sp³-hybridized carbons (Fsp3) is 0.250. The molecule has 0 aliphatic carbocycles. The van der Waals surface area contributed by atoms with Crippen LogP contribution in [0.4, 0.5) is 18.9 Å². The number of rotatable bonds is 6. The Hall–Kier alpha value is -3.40. The van der Waals surface area contributed by atoms with Gasteiger partial charge in [-0.2, -0.15) is 28.4 Å². The Labute approximate surface area is 168 Å². The first kappa shape index (κ1) is 19.9. The summed E-state index contributed by atoms with van der Waals surface area (Å²) in [4.78, 5) is 16.8. The van der Waals surface area contributed by atoms with Crippen molar-refractivity contribution < 1.29 is 27.6 Å². The predicted octanol–water partition coefficient (Wildman–Crippen LogP) is 4.70. The Balaban J connectivity index is 1.50. The predicted molar refractivity (Wildman–Crippen MR) is 98.2 cm³/mol. The zero-order valence-electron chi connectivity index (χ0n) is 15.4. The normalized spacial score (nSPS) is 14.0. The SMILES string of the molecule is O=C(C[C@@H](CO)c1nc(-c2ccc(C(F)(F)F)cc2)no1)c1ccc2c(c1)N=NC2. The summed E-state index contributed by atoms with van der Waals surface area (Å²) in [5.74, 6) is -0.888. The second kappa shape index (κ2) is 7.79. The van der Waals surface area contributed by atoms with Crippen LogP contribution in [0.15, 0.2) is 57.2 Å². The lowest BCUT2D eigenvalue weighted by Crippen LogP contribution is -2.11. The van der Waals surface area contributed by atoms with Gasteiger partial charge in [-0.15, -0.1) is 0 Å². The molecule has 0 saturated heterocycles. The lowest BCUT2D eigenvalue weighted by molar-refractivity contribution is -0.137. The molecule has 1 aliphatic heterocycles. The average molecular weight is 416 g/mol. The number of Topliss-reactive ketones (excluding diaryl/α,β-unsaturated/α-hetero) is 1. The molecular weight excluding hydrogens is 401 g/mol. The molecule has 0 radical (unpaired) electrons. The first-order chi connectivity index (χ1) is 14.3. The van der Waals surface area contributed by atoms with E-state index in [9.17, 15) is 23.1 Å². The molecule has 4 rings (SSSR count). The van der Waals surface area contributed by atoms with E-state index in [0.717, 1.165) is 17.7 Å². The van der Waals surface area contributed by atoms with E-state index in [4.69, 9.17) is 4.52 Å². The molecular formula is C20H15F3N4O3. The monoisotopic (exact) mass is 416 g/mol. The molecule has 7 nitrogen and oxygen atoms in total. The van der Waals surface area contributed by atoms with Crippen LogP contribution in [0.25, 0.3) is 11.4 Å². The van der Waals surface area contributed by atoms with Crippen LogP contribution in [-0.4, -0.2) is 27.6 Å². The molecule has 0 spiro atoms. The molecule has 3 aromatic rings. The minimum atomic E-state index is -4.44. The third kappa shape index (κ3) is 3.99. The number of ketones is 1. The highest BCUT2D eigenvalue weighted by Crippen LogP contribution is 2.32. The molecule has 1 atom stereocenters. The van der Waals surface area contributed by atoms with Gasteiger partial charge in [0.1, 0.15) is 0 Å². The lowest BCUT2D eigenvalue weighted by atomic mass is 9.97. The number of aromatic nitrogens is 2. The van der Waals surface area contributed by atoms with Gasteiger partial charge in [0.25, 0.3) is 0 Å². The van der Waals surface area contributed by atoms with E-state index in [-0.39, 0.29) is 23.9 Å². The maximum atomic E-state index is 12.7. The second-order valence-corrected chi connectivity index (χ2v) is 6.78. The summed E-state index contributed by atoms with van der Waals surface area (Å²) in [6.07, 6.45) is -4.52. The van der Waals surface area contributed by atoms with Crippen molar-refractivity contribution in [2.75, 3.05) is 6.61 Å². The van der Waals surface area contributed by atoms with E-state index in [1.54, 1.807) is 18.2 Å². The van der Waals surface area contributed by atoms with Gasteiger partial charge in [0, 0.05) is 23.1 Å². The van der Waals surface area contributed by atoms with Gasteiger partial charge in [0.2, 0.25) is 11.7 Å². The molecule has 30 heavy (non-hydrogen) atoms. The van der Waals surface area contributed by atoms with E-state index in [0.29, 0.717) is 23.4 Å². The van der Waals surface area contributed by atoms with Crippen LogP contribution in [0.5, 0.6) is 0 Å². The first-order valence-corrected chi connectivity index (χ1v) is 9.01. The van der Waals surface area contributed by atoms with Crippen LogP contribution in [0, 0.1) is 0 Å². The summed E-state index contributed by atoms with van der Waals surface area (Å²) in [7, 11) is 0. The van der Waals surface area contributed by atoms with Crippen LogP contribution in [0.2, 0.25) is 0 Å². The van der Waals surface area contributed by atoms with Crippen molar-refractivity contribution in [3.05, 3.63) is 65.0 Å². The molecule has 2 aromatic carbocycles. The quantitative estimate of drug-likeness (QED) is 0.587. The first-order valence-electron chi connectivity index (χ1n) is 9.01. The molecule has 1 aromatic heterocycles. The highest BCUT2D eigenvalue weighted by molar-refractivity contribution is 5.97. The molecule has 1 aliphatic rings. The Morgan fingerprint density at radius 1 is 1.17 bits per heavy atom. The van der Waals surface area contributed by atoms with Crippen LogP contribution in [0.3, 0.4) is 0 Å². The lowest BCUT2D eigenvalue weighted by Gasteiger charge is -2.09. The molecule has 2 heterocycles. The number of fused-ring (bicyclic) bond motifs is 1. The Bertz CT molecular complexity index is 1110. The number of azo groups is 1. The molecule has 1 N–H and O–H groups in total. The van der Waals surface area contributed by atoms with Crippen molar-refractivity contribution in [2.45, 2.75) is 25.1 Å². The summed E-state index contributed by atoms with van der Waals surface area (Å²) in [6.45, 7) is 0.0722. The molecule has 154 valence electrons. The van der Waals surface area contributed by atoms with Crippen molar-refractivity contribution in [3.8, 4) is 11.4 Å². The summed E-state index contributed by atoms with van der Waals surface area (Å²) in [6, 6.07) is 9.40. The van der Waals surface area contributed by atoms with E-state index in [1.165, 1.54) is 12.1 Å². The van der Waals surface area contributed by atoms with Crippen molar-refractivity contribution in [2.24, 2.45) is 10.2 Å². The molecule has 10 heteroatoms. The maximum Gasteiger partial charge on any atom is 0.416 e. The summed E-state index contributed by atoms with van der Waals surface area (Å²) in [5.41, 5.74) is 1.54. The molecule has 0 unspecified atom stereocenters. The van der Waals surface area contributed by atoms with Crippen molar-refractivity contribution in [3.63, 3.8) is 0 Å². The van der Waals surface area contributed by atoms with Crippen LogP contribution < -0.4 is 0 Å². The van der Waals surface area contributed by atoms with E-state index < -0.39 is 24.3 Å². The van der Waals surface area contributed by atoms with Gasteiger partial charge in [-0.05, 0) is 18.2 Å². The van der Waals surface area contributed by atoms with E-state index in [2.05, 4.69) is 20.4 Å². The average Bonchev–Trinajstić information content (AvgIpc) is 3.40. The van der Waals surface area contributed by atoms with Crippen molar-refractivity contribution in [1.82, 2.24) is 10.1 Å².